The van der Waals surface area contributed by atoms with Crippen LogP contribution in [0.15, 0.2) is 22.9 Å². The topological polar surface area (TPSA) is 28.2 Å². The number of thiazole rings is 1. The SMILES string of the molecule is Cc1nc(CN2CCC(CNC(C)c3cccs3)CC2)cs1. The molecule has 1 aliphatic rings. The number of nitrogens with one attached hydrogen (secondary N) is 1. The van der Waals surface area contributed by atoms with Gasteiger partial charge < -0.3 is 5.32 Å². The summed E-state index contributed by atoms with van der Waals surface area (Å²) in [6.45, 7) is 8.93. The van der Waals surface area contributed by atoms with Crippen LogP contribution in [0.25, 0.3) is 0 Å². The van der Waals surface area contributed by atoms with E-state index in [0.717, 1.165) is 19.0 Å². The molecule has 120 valence electrons. The first kappa shape index (κ1) is 16.1. The molecule has 0 saturated carbocycles. The van der Waals surface area contributed by atoms with Crippen molar-refractivity contribution in [3.05, 3.63) is 38.5 Å². The molecule has 3 heterocycles. The number of hydrogen-bond acceptors (Lipinski definition) is 5. The molecule has 22 heavy (non-hydrogen) atoms. The molecule has 0 amide bonds. The number of rotatable bonds is 6. The molecule has 1 unspecified atom stereocenters. The van der Waals surface area contributed by atoms with Crippen molar-refractivity contribution >= 4 is 22.7 Å². The largest absolute Gasteiger partial charge is 0.309 e. The standard InChI is InChI=1S/C17H25N3S2/c1-13(17-4-3-9-21-17)18-10-15-5-7-20(8-6-15)11-16-12-22-14(2)19-16/h3-4,9,12-13,15,18H,5-8,10-11H2,1-2H3. The number of hydrogen-bond donors (Lipinski definition) is 1. The molecular formula is C17H25N3S2. The van der Waals surface area contributed by atoms with E-state index in [1.165, 1.54) is 41.5 Å². The van der Waals surface area contributed by atoms with Crippen LogP contribution in [0, 0.1) is 12.8 Å². The third kappa shape index (κ3) is 4.38. The van der Waals surface area contributed by atoms with Gasteiger partial charge in [-0.3, -0.25) is 4.90 Å². The maximum atomic E-state index is 4.58. The van der Waals surface area contributed by atoms with Gasteiger partial charge in [0.15, 0.2) is 0 Å². The minimum atomic E-state index is 0.482. The second-order valence-corrected chi connectivity index (χ2v) is 8.26. The van der Waals surface area contributed by atoms with Gasteiger partial charge in [0.1, 0.15) is 0 Å². The molecule has 0 spiro atoms. The summed E-state index contributed by atoms with van der Waals surface area (Å²) in [6.07, 6.45) is 2.60. The molecule has 2 aromatic heterocycles. The Bertz CT molecular complexity index is 556. The normalized spacial score (nSPS) is 18.6. The van der Waals surface area contributed by atoms with Crippen molar-refractivity contribution in [2.75, 3.05) is 19.6 Å². The Hall–Kier alpha value is -0.750. The molecule has 2 aromatic rings. The summed E-state index contributed by atoms with van der Waals surface area (Å²) in [7, 11) is 0. The van der Waals surface area contributed by atoms with Gasteiger partial charge in [-0.1, -0.05) is 6.07 Å². The lowest BCUT2D eigenvalue weighted by Crippen LogP contribution is -2.37. The molecule has 3 rings (SSSR count). The molecular weight excluding hydrogens is 310 g/mol. The predicted octanol–water partition coefficient (Wildman–Crippen LogP) is 4.08. The fourth-order valence-corrected chi connectivity index (χ4v) is 4.40. The number of nitrogens with zero attached hydrogens (tertiary/aromatic N) is 2. The van der Waals surface area contributed by atoms with Crippen molar-refractivity contribution < 1.29 is 0 Å². The van der Waals surface area contributed by atoms with Gasteiger partial charge in [-0.15, -0.1) is 22.7 Å². The summed E-state index contributed by atoms with van der Waals surface area (Å²) in [4.78, 5) is 8.57. The van der Waals surface area contributed by atoms with Gasteiger partial charge in [0.25, 0.3) is 0 Å². The van der Waals surface area contributed by atoms with Crippen LogP contribution in [0.1, 0.15) is 41.4 Å². The van der Waals surface area contributed by atoms with E-state index in [4.69, 9.17) is 0 Å². The predicted molar refractivity (Wildman–Crippen MR) is 95.6 cm³/mol. The summed E-state index contributed by atoms with van der Waals surface area (Å²) < 4.78 is 0. The Morgan fingerprint density at radius 3 is 2.82 bits per heavy atom. The average molecular weight is 336 g/mol. The minimum Gasteiger partial charge on any atom is -0.309 e. The van der Waals surface area contributed by atoms with E-state index in [1.54, 1.807) is 11.3 Å². The molecule has 5 heteroatoms. The molecule has 1 saturated heterocycles. The summed E-state index contributed by atoms with van der Waals surface area (Å²) in [5.74, 6) is 0.816. The maximum Gasteiger partial charge on any atom is 0.0897 e. The summed E-state index contributed by atoms with van der Waals surface area (Å²) in [5, 5.41) is 9.24. The number of aryl methyl sites for hydroxylation is 1. The van der Waals surface area contributed by atoms with Gasteiger partial charge in [0.2, 0.25) is 0 Å². The van der Waals surface area contributed by atoms with E-state index >= 15 is 0 Å². The molecule has 1 aliphatic heterocycles. The highest BCUT2D eigenvalue weighted by molar-refractivity contribution is 7.10. The van der Waals surface area contributed by atoms with E-state index < -0.39 is 0 Å². The third-order valence-electron chi connectivity index (χ3n) is 4.44. The minimum absolute atomic E-state index is 0.482. The molecule has 0 radical (unpaired) electrons. The Morgan fingerprint density at radius 2 is 2.18 bits per heavy atom. The van der Waals surface area contributed by atoms with E-state index in [9.17, 15) is 0 Å². The average Bonchev–Trinajstić information content (AvgIpc) is 3.18. The van der Waals surface area contributed by atoms with Crippen molar-refractivity contribution in [2.45, 2.75) is 39.3 Å². The highest BCUT2D eigenvalue weighted by Crippen LogP contribution is 2.22. The van der Waals surface area contributed by atoms with Crippen molar-refractivity contribution in [2.24, 2.45) is 5.92 Å². The quantitative estimate of drug-likeness (QED) is 0.862. The van der Waals surface area contributed by atoms with Crippen LogP contribution in [0.4, 0.5) is 0 Å². The van der Waals surface area contributed by atoms with Crippen LogP contribution in [0.2, 0.25) is 0 Å². The Labute approximate surface area is 141 Å². The number of piperidine rings is 1. The van der Waals surface area contributed by atoms with Gasteiger partial charge in [0.05, 0.1) is 10.7 Å². The molecule has 1 N–H and O–H groups in total. The zero-order chi connectivity index (χ0) is 15.4. The number of thiophene rings is 1. The van der Waals surface area contributed by atoms with Crippen LogP contribution in [-0.2, 0) is 6.54 Å². The lowest BCUT2D eigenvalue weighted by Gasteiger charge is -2.32. The first-order valence-corrected chi connectivity index (χ1v) is 9.87. The zero-order valence-electron chi connectivity index (χ0n) is 13.4. The van der Waals surface area contributed by atoms with E-state index in [0.29, 0.717) is 6.04 Å². The van der Waals surface area contributed by atoms with E-state index in [2.05, 4.69) is 51.9 Å². The van der Waals surface area contributed by atoms with Crippen molar-refractivity contribution in [1.82, 2.24) is 15.2 Å². The zero-order valence-corrected chi connectivity index (χ0v) is 15.1. The lowest BCUT2D eigenvalue weighted by molar-refractivity contribution is 0.172. The van der Waals surface area contributed by atoms with Crippen LogP contribution >= 0.6 is 22.7 Å². The van der Waals surface area contributed by atoms with Gasteiger partial charge in [-0.05, 0) is 63.7 Å². The molecule has 3 nitrogen and oxygen atoms in total. The second kappa shape index (κ2) is 7.68. The van der Waals surface area contributed by atoms with E-state index in [1.807, 2.05) is 11.3 Å². The molecule has 1 fully saturated rings. The van der Waals surface area contributed by atoms with Crippen LogP contribution in [-0.4, -0.2) is 29.5 Å². The van der Waals surface area contributed by atoms with Gasteiger partial charge in [0, 0.05) is 22.8 Å². The summed E-state index contributed by atoms with van der Waals surface area (Å²) in [6, 6.07) is 4.84. The summed E-state index contributed by atoms with van der Waals surface area (Å²) in [5.41, 5.74) is 1.24. The monoisotopic (exact) mass is 335 g/mol. The maximum absolute atomic E-state index is 4.58. The van der Waals surface area contributed by atoms with E-state index in [-0.39, 0.29) is 0 Å². The first-order valence-electron chi connectivity index (χ1n) is 8.11. The van der Waals surface area contributed by atoms with Gasteiger partial charge in [-0.25, -0.2) is 4.98 Å². The van der Waals surface area contributed by atoms with Crippen LogP contribution in [0.5, 0.6) is 0 Å². The fraction of sp³-hybridized carbons (Fsp3) is 0.588. The Balaban J connectivity index is 1.38. The molecule has 0 bridgehead atoms. The Morgan fingerprint density at radius 1 is 1.36 bits per heavy atom. The molecule has 0 aliphatic carbocycles. The van der Waals surface area contributed by atoms with Gasteiger partial charge >= 0.3 is 0 Å². The highest BCUT2D eigenvalue weighted by Gasteiger charge is 2.20. The fourth-order valence-electron chi connectivity index (χ4n) is 3.04. The van der Waals surface area contributed by atoms with Crippen molar-refractivity contribution in [1.29, 1.82) is 0 Å². The Kier molecular flexibility index (Phi) is 5.63. The van der Waals surface area contributed by atoms with Crippen LogP contribution < -0.4 is 5.32 Å². The lowest BCUT2D eigenvalue weighted by atomic mass is 9.96. The number of aromatic nitrogens is 1. The summed E-state index contributed by atoms with van der Waals surface area (Å²) >= 11 is 3.60. The van der Waals surface area contributed by atoms with Gasteiger partial charge in [-0.2, -0.15) is 0 Å². The van der Waals surface area contributed by atoms with Crippen LogP contribution in [0.3, 0.4) is 0 Å². The third-order valence-corrected chi connectivity index (χ3v) is 6.32. The second-order valence-electron chi connectivity index (χ2n) is 6.22. The van der Waals surface area contributed by atoms with Crippen molar-refractivity contribution in [3.8, 4) is 0 Å². The molecule has 1 atom stereocenters. The molecule has 0 aromatic carbocycles. The first-order chi connectivity index (χ1) is 10.7. The smallest absolute Gasteiger partial charge is 0.0897 e. The highest BCUT2D eigenvalue weighted by atomic mass is 32.1. The van der Waals surface area contributed by atoms with Crippen molar-refractivity contribution in [3.63, 3.8) is 0 Å². The number of likely N-dealkylation sites (tertiary alicyclic amines) is 1.